The summed E-state index contributed by atoms with van der Waals surface area (Å²) in [4.78, 5) is 14.8. The highest BCUT2D eigenvalue weighted by atomic mass is 16.1. The summed E-state index contributed by atoms with van der Waals surface area (Å²) in [5, 5.41) is 11.3. The molecule has 1 aliphatic carbocycles. The number of nitrogens with zero attached hydrogens (tertiary/aromatic N) is 3. The number of likely N-dealkylation sites (N-methyl/N-ethyl adjacent to an activating group) is 1. The maximum Gasteiger partial charge on any atom is 0.204 e. The largest absolute Gasteiger partial charge is 0.291 e. The lowest BCUT2D eigenvalue weighted by molar-refractivity contribution is -0.120. The number of rotatable bonds is 4. The van der Waals surface area contributed by atoms with Gasteiger partial charge in [0.2, 0.25) is 11.3 Å². The van der Waals surface area contributed by atoms with Crippen molar-refractivity contribution in [2.75, 3.05) is 7.05 Å². The number of benzene rings is 4. The molecule has 0 bridgehead atoms. The lowest BCUT2D eigenvalue weighted by Gasteiger charge is -2.43. The molecular weight excluding hydrogens is 418 g/mol. The Morgan fingerprint density at radius 3 is 1.65 bits per heavy atom. The highest BCUT2D eigenvalue weighted by Gasteiger charge is 2.72. The predicted octanol–water partition coefficient (Wildman–Crippen LogP) is 6.28. The van der Waals surface area contributed by atoms with Gasteiger partial charge >= 0.3 is 0 Å². The van der Waals surface area contributed by atoms with Crippen LogP contribution in [0, 0.1) is 0 Å². The zero-order valence-electron chi connectivity index (χ0n) is 18.8. The van der Waals surface area contributed by atoms with Crippen LogP contribution in [0.3, 0.4) is 0 Å². The van der Waals surface area contributed by atoms with E-state index in [1.165, 1.54) is 0 Å². The Morgan fingerprint density at radius 1 is 0.618 bits per heavy atom. The summed E-state index contributed by atoms with van der Waals surface area (Å²) in [6.45, 7) is 0. The Morgan fingerprint density at radius 2 is 1.09 bits per heavy atom. The first-order valence-corrected chi connectivity index (χ1v) is 11.4. The van der Waals surface area contributed by atoms with Crippen molar-refractivity contribution in [2.45, 2.75) is 11.1 Å². The van der Waals surface area contributed by atoms with Gasteiger partial charge in [-0.05, 0) is 22.3 Å². The van der Waals surface area contributed by atoms with Crippen LogP contribution in [0.15, 0.2) is 132 Å². The molecular formula is C30H23N3O. The predicted molar refractivity (Wildman–Crippen MR) is 134 cm³/mol. The fraction of sp³-hybridized carbons (Fsp3) is 0.100. The molecule has 34 heavy (non-hydrogen) atoms. The third-order valence-electron chi connectivity index (χ3n) is 7.01. The second-order valence-electron chi connectivity index (χ2n) is 8.68. The molecule has 0 fully saturated rings. The summed E-state index contributed by atoms with van der Waals surface area (Å²) in [7, 11) is 1.92. The molecule has 4 heteroatoms. The summed E-state index contributed by atoms with van der Waals surface area (Å²) in [5.74, 6) is -0.0410. The van der Waals surface area contributed by atoms with Crippen LogP contribution in [-0.2, 0) is 15.9 Å². The maximum absolute atomic E-state index is 14.8. The van der Waals surface area contributed by atoms with Crippen molar-refractivity contribution in [3.05, 3.63) is 144 Å². The number of ketones is 1. The third kappa shape index (κ3) is 2.51. The van der Waals surface area contributed by atoms with Crippen molar-refractivity contribution < 1.29 is 4.79 Å². The highest BCUT2D eigenvalue weighted by Crippen LogP contribution is 2.65. The quantitative estimate of drug-likeness (QED) is 0.374. The number of fused-ring (bicyclic) bond motifs is 1. The van der Waals surface area contributed by atoms with Crippen LogP contribution in [0.4, 0.5) is 0 Å². The minimum absolute atomic E-state index is 0.0410. The van der Waals surface area contributed by atoms with E-state index < -0.39 is 11.1 Å². The molecule has 0 unspecified atom stereocenters. The minimum Gasteiger partial charge on any atom is -0.291 e. The molecule has 4 aromatic rings. The van der Waals surface area contributed by atoms with Gasteiger partial charge in [0, 0.05) is 18.2 Å². The van der Waals surface area contributed by atoms with Crippen molar-refractivity contribution in [1.29, 1.82) is 0 Å². The monoisotopic (exact) mass is 441 g/mol. The van der Waals surface area contributed by atoms with Crippen molar-refractivity contribution in [3.8, 4) is 0 Å². The molecule has 0 amide bonds. The molecule has 0 spiro atoms. The van der Waals surface area contributed by atoms with Gasteiger partial charge < -0.3 is 0 Å². The van der Waals surface area contributed by atoms with Crippen LogP contribution < -0.4 is 0 Å². The molecule has 6 rings (SSSR count). The van der Waals surface area contributed by atoms with Gasteiger partial charge in [-0.1, -0.05) is 127 Å². The van der Waals surface area contributed by atoms with Crippen molar-refractivity contribution in [2.24, 2.45) is 10.3 Å². The lowest BCUT2D eigenvalue weighted by atomic mass is 9.66. The topological polar surface area (TPSA) is 45.0 Å². The summed E-state index contributed by atoms with van der Waals surface area (Å²) in [6, 6.07) is 40.1. The first-order chi connectivity index (χ1) is 16.7. The average Bonchev–Trinajstić information content (AvgIpc) is 3.35. The van der Waals surface area contributed by atoms with E-state index in [1.807, 2.05) is 109 Å². The maximum atomic E-state index is 14.8. The summed E-state index contributed by atoms with van der Waals surface area (Å²) >= 11 is 0. The summed E-state index contributed by atoms with van der Waals surface area (Å²) in [6.07, 6.45) is 0. The zero-order valence-corrected chi connectivity index (χ0v) is 18.8. The van der Waals surface area contributed by atoms with Gasteiger partial charge in [-0.15, -0.1) is 5.11 Å². The van der Waals surface area contributed by atoms with E-state index in [-0.39, 0.29) is 5.78 Å². The van der Waals surface area contributed by atoms with Crippen LogP contribution in [0.25, 0.3) is 11.1 Å². The lowest BCUT2D eigenvalue weighted by Crippen LogP contribution is -2.53. The Balaban J connectivity index is 1.81. The normalized spacial score (nSPS) is 23.4. The minimum atomic E-state index is -1.25. The van der Waals surface area contributed by atoms with Crippen LogP contribution in [0.1, 0.15) is 22.3 Å². The molecule has 4 aromatic carbocycles. The van der Waals surface area contributed by atoms with Crippen LogP contribution >= 0.6 is 0 Å². The number of Topliss-reactive ketones (excluding diaryl/α,β-unsaturated/α-hetero) is 1. The van der Waals surface area contributed by atoms with Gasteiger partial charge in [0.25, 0.3) is 0 Å². The Bertz CT molecular complexity index is 1420. The van der Waals surface area contributed by atoms with E-state index >= 15 is 0 Å². The first-order valence-electron chi connectivity index (χ1n) is 11.4. The standard InChI is InChI=1S/C30H23N3O/c1-33-30(25-20-12-5-13-21-25)27(23-16-8-3-9-17-23)26(22-14-6-2-7-15-22)28(34)29(30,31-32-33)24-18-10-4-11-19-24/h2-21H,1H3/t29-,30+/m0/s1. The number of hydrogen-bond acceptors (Lipinski definition) is 4. The SMILES string of the molecule is CN1N=N[C@@]2(c3ccccc3)C(=O)C(c3ccccc3)=C(c3ccccc3)[C@@]12c1ccccc1. The average molecular weight is 442 g/mol. The van der Waals surface area contributed by atoms with E-state index in [9.17, 15) is 4.79 Å². The fourth-order valence-electron chi connectivity index (χ4n) is 5.67. The molecule has 0 aromatic heterocycles. The molecule has 0 radical (unpaired) electrons. The summed E-state index contributed by atoms with van der Waals surface area (Å²) < 4.78 is 0. The third-order valence-corrected chi connectivity index (χ3v) is 7.01. The molecule has 4 nitrogen and oxygen atoms in total. The number of carbonyl (C=O) groups is 1. The van der Waals surface area contributed by atoms with E-state index in [4.69, 9.17) is 5.11 Å². The molecule has 1 aliphatic heterocycles. The van der Waals surface area contributed by atoms with Gasteiger partial charge in [-0.25, -0.2) is 0 Å². The van der Waals surface area contributed by atoms with Gasteiger partial charge in [0.1, 0.15) is 5.54 Å². The molecule has 2 atom stereocenters. The smallest absolute Gasteiger partial charge is 0.204 e. The van der Waals surface area contributed by atoms with Crippen molar-refractivity contribution >= 4 is 16.9 Å². The fourth-order valence-corrected chi connectivity index (χ4v) is 5.67. The molecule has 164 valence electrons. The van der Waals surface area contributed by atoms with Gasteiger partial charge in [0.05, 0.1) is 0 Å². The van der Waals surface area contributed by atoms with Crippen LogP contribution in [0.2, 0.25) is 0 Å². The first kappa shape index (κ1) is 20.3. The highest BCUT2D eigenvalue weighted by molar-refractivity contribution is 6.37. The second kappa shape index (κ2) is 7.63. The van der Waals surface area contributed by atoms with Gasteiger partial charge in [0.15, 0.2) is 0 Å². The molecule has 0 saturated carbocycles. The Labute approximate surface area is 198 Å². The number of hydrogen-bond donors (Lipinski definition) is 0. The summed E-state index contributed by atoms with van der Waals surface area (Å²) in [5.41, 5.74) is 3.09. The van der Waals surface area contributed by atoms with Crippen molar-refractivity contribution in [3.63, 3.8) is 0 Å². The van der Waals surface area contributed by atoms with E-state index in [0.717, 1.165) is 27.8 Å². The zero-order chi connectivity index (χ0) is 23.2. The van der Waals surface area contributed by atoms with Crippen LogP contribution in [0.5, 0.6) is 0 Å². The van der Waals surface area contributed by atoms with E-state index in [0.29, 0.717) is 5.57 Å². The molecule has 0 saturated heterocycles. The van der Waals surface area contributed by atoms with Crippen LogP contribution in [-0.4, -0.2) is 17.8 Å². The molecule has 0 N–H and O–H groups in total. The second-order valence-corrected chi connectivity index (χ2v) is 8.68. The molecule has 1 heterocycles. The Kier molecular flexibility index (Phi) is 4.56. The number of carbonyl (C=O) groups excluding carboxylic acids is 1. The van der Waals surface area contributed by atoms with Crippen molar-refractivity contribution in [1.82, 2.24) is 5.01 Å². The van der Waals surface area contributed by atoms with E-state index in [1.54, 1.807) is 0 Å². The molecule has 2 aliphatic rings. The van der Waals surface area contributed by atoms with E-state index in [2.05, 4.69) is 29.5 Å². The van der Waals surface area contributed by atoms with Gasteiger partial charge in [-0.3, -0.25) is 9.80 Å². The van der Waals surface area contributed by atoms with Gasteiger partial charge in [-0.2, -0.15) is 0 Å². The Hall–Kier alpha value is -4.31.